The second-order valence-electron chi connectivity index (χ2n) is 4.36. The quantitative estimate of drug-likeness (QED) is 0.704. The first-order valence-electron chi connectivity index (χ1n) is 6.15. The molecule has 1 N–H and O–H groups in total. The molecule has 0 aromatic heterocycles. The Morgan fingerprint density at radius 1 is 1.22 bits per heavy atom. The van der Waals surface area contributed by atoms with Crippen LogP contribution in [0.5, 0.6) is 0 Å². The molecule has 0 aromatic rings. The van der Waals surface area contributed by atoms with Crippen LogP contribution in [0.3, 0.4) is 0 Å². The van der Waals surface area contributed by atoms with E-state index < -0.39 is 0 Å². The average molecular weight is 273 g/mol. The molecule has 2 heterocycles. The molecule has 0 aliphatic carbocycles. The number of nitrogens with one attached hydrogen (secondary N) is 1. The molecule has 0 bridgehead atoms. The number of hydrogen-bond donors (Lipinski definition) is 1. The Balaban J connectivity index is 1.81. The van der Waals surface area contributed by atoms with E-state index in [1.807, 2.05) is 16.7 Å². The number of ether oxygens (including phenoxy) is 1. The zero-order valence-electron chi connectivity index (χ0n) is 10.6. The van der Waals surface area contributed by atoms with E-state index in [9.17, 15) is 9.59 Å². The van der Waals surface area contributed by atoms with E-state index >= 15 is 0 Å². The van der Waals surface area contributed by atoms with Crippen molar-refractivity contribution in [2.45, 2.75) is 6.04 Å². The minimum atomic E-state index is -0.312. The van der Waals surface area contributed by atoms with Crippen LogP contribution >= 0.6 is 11.8 Å². The van der Waals surface area contributed by atoms with Crippen molar-refractivity contribution in [1.82, 2.24) is 15.1 Å². The van der Waals surface area contributed by atoms with Crippen LogP contribution in [0.15, 0.2) is 0 Å². The topological polar surface area (TPSA) is 61.9 Å². The minimum absolute atomic E-state index is 0.0616. The SMILES string of the molecule is COC(=O)N1CCN(C(=O)C2CSCCN2)CC1. The van der Waals surface area contributed by atoms with Crippen LogP contribution in [-0.4, -0.2) is 79.2 Å². The molecule has 2 aliphatic heterocycles. The summed E-state index contributed by atoms with van der Waals surface area (Å²) in [5, 5.41) is 3.24. The molecule has 18 heavy (non-hydrogen) atoms. The number of rotatable bonds is 1. The van der Waals surface area contributed by atoms with Gasteiger partial charge in [0.1, 0.15) is 0 Å². The van der Waals surface area contributed by atoms with E-state index in [0.29, 0.717) is 26.2 Å². The first-order valence-corrected chi connectivity index (χ1v) is 7.30. The molecular weight excluding hydrogens is 254 g/mol. The van der Waals surface area contributed by atoms with E-state index in [1.54, 1.807) is 4.90 Å². The van der Waals surface area contributed by atoms with Crippen molar-refractivity contribution in [1.29, 1.82) is 0 Å². The van der Waals surface area contributed by atoms with Gasteiger partial charge in [-0.15, -0.1) is 0 Å². The smallest absolute Gasteiger partial charge is 0.409 e. The van der Waals surface area contributed by atoms with Crippen molar-refractivity contribution >= 4 is 23.8 Å². The normalized spacial score (nSPS) is 24.8. The number of amides is 2. The van der Waals surface area contributed by atoms with Gasteiger partial charge in [0.15, 0.2) is 0 Å². The summed E-state index contributed by atoms with van der Waals surface area (Å²) in [5.41, 5.74) is 0. The molecular formula is C11H19N3O3S. The number of thioether (sulfide) groups is 1. The summed E-state index contributed by atoms with van der Waals surface area (Å²) in [6, 6.07) is -0.0616. The summed E-state index contributed by atoms with van der Waals surface area (Å²) in [7, 11) is 1.38. The van der Waals surface area contributed by atoms with Crippen LogP contribution in [0.2, 0.25) is 0 Å². The maximum atomic E-state index is 12.2. The fraction of sp³-hybridized carbons (Fsp3) is 0.818. The van der Waals surface area contributed by atoms with Crippen LogP contribution in [-0.2, 0) is 9.53 Å². The molecule has 0 saturated carbocycles. The Hall–Kier alpha value is -0.950. The molecule has 7 heteroatoms. The lowest BCUT2D eigenvalue weighted by molar-refractivity contribution is -0.134. The van der Waals surface area contributed by atoms with Crippen LogP contribution in [0.1, 0.15) is 0 Å². The first-order chi connectivity index (χ1) is 8.72. The maximum absolute atomic E-state index is 12.2. The Morgan fingerprint density at radius 2 is 1.89 bits per heavy atom. The molecule has 1 atom stereocenters. The Labute approximate surface area is 111 Å². The lowest BCUT2D eigenvalue weighted by Crippen LogP contribution is -2.56. The highest BCUT2D eigenvalue weighted by molar-refractivity contribution is 7.99. The van der Waals surface area contributed by atoms with Crippen LogP contribution in [0, 0.1) is 0 Å². The third-order valence-corrected chi connectivity index (χ3v) is 4.31. The van der Waals surface area contributed by atoms with Gasteiger partial charge >= 0.3 is 6.09 Å². The zero-order valence-corrected chi connectivity index (χ0v) is 11.4. The van der Waals surface area contributed by atoms with Gasteiger partial charge in [-0.2, -0.15) is 11.8 Å². The van der Waals surface area contributed by atoms with E-state index in [-0.39, 0.29) is 18.0 Å². The van der Waals surface area contributed by atoms with Crippen molar-refractivity contribution in [2.75, 3.05) is 51.3 Å². The summed E-state index contributed by atoms with van der Waals surface area (Å²) >= 11 is 1.81. The summed E-state index contributed by atoms with van der Waals surface area (Å²) < 4.78 is 4.67. The predicted molar refractivity (Wildman–Crippen MR) is 69.7 cm³/mol. The minimum Gasteiger partial charge on any atom is -0.453 e. The van der Waals surface area contributed by atoms with Gasteiger partial charge in [0.05, 0.1) is 13.2 Å². The largest absolute Gasteiger partial charge is 0.453 e. The Kier molecular flexibility index (Phi) is 4.71. The van der Waals surface area contributed by atoms with Gasteiger partial charge in [0.2, 0.25) is 5.91 Å². The van der Waals surface area contributed by atoms with Crippen molar-refractivity contribution in [2.24, 2.45) is 0 Å². The molecule has 0 aromatic carbocycles. The zero-order chi connectivity index (χ0) is 13.0. The molecule has 6 nitrogen and oxygen atoms in total. The summed E-state index contributed by atoms with van der Waals surface area (Å²) in [4.78, 5) is 27.0. The van der Waals surface area contributed by atoms with Gasteiger partial charge in [0, 0.05) is 44.2 Å². The molecule has 2 fully saturated rings. The van der Waals surface area contributed by atoms with Crippen LogP contribution < -0.4 is 5.32 Å². The molecule has 1 unspecified atom stereocenters. The van der Waals surface area contributed by atoms with Crippen LogP contribution in [0.4, 0.5) is 4.79 Å². The predicted octanol–water partition coefficient (Wildman–Crippen LogP) is -0.398. The van der Waals surface area contributed by atoms with E-state index in [4.69, 9.17) is 0 Å². The van der Waals surface area contributed by atoms with E-state index in [1.165, 1.54) is 7.11 Å². The summed E-state index contributed by atoms with van der Waals surface area (Å²) in [6.07, 6.45) is -0.312. The first kappa shape index (κ1) is 13.5. The van der Waals surface area contributed by atoms with Gasteiger partial charge in [-0.25, -0.2) is 4.79 Å². The number of carbonyl (C=O) groups excluding carboxylic acids is 2. The lowest BCUT2D eigenvalue weighted by Gasteiger charge is -2.36. The monoisotopic (exact) mass is 273 g/mol. The van der Waals surface area contributed by atoms with Gasteiger partial charge < -0.3 is 19.9 Å². The molecule has 2 aliphatic rings. The molecule has 2 amide bonds. The van der Waals surface area contributed by atoms with Crippen molar-refractivity contribution in [3.05, 3.63) is 0 Å². The fourth-order valence-electron chi connectivity index (χ4n) is 2.18. The number of nitrogens with zero attached hydrogens (tertiary/aromatic N) is 2. The highest BCUT2D eigenvalue weighted by Gasteiger charge is 2.29. The molecule has 0 radical (unpaired) electrons. The van der Waals surface area contributed by atoms with E-state index in [0.717, 1.165) is 18.1 Å². The van der Waals surface area contributed by atoms with Crippen molar-refractivity contribution in [3.8, 4) is 0 Å². The Morgan fingerprint density at radius 3 is 2.44 bits per heavy atom. The lowest BCUT2D eigenvalue weighted by atomic mass is 10.2. The average Bonchev–Trinajstić information content (AvgIpc) is 2.47. The number of carbonyl (C=O) groups is 2. The number of piperazine rings is 1. The molecule has 2 rings (SSSR count). The second kappa shape index (κ2) is 6.29. The third-order valence-electron chi connectivity index (χ3n) is 3.24. The maximum Gasteiger partial charge on any atom is 0.409 e. The summed E-state index contributed by atoms with van der Waals surface area (Å²) in [5.74, 6) is 2.07. The number of hydrogen-bond acceptors (Lipinski definition) is 5. The number of methoxy groups -OCH3 is 1. The molecule has 2 saturated heterocycles. The summed E-state index contributed by atoms with van der Waals surface area (Å²) in [6.45, 7) is 3.19. The standard InChI is InChI=1S/C11H19N3O3S/c1-17-11(16)14-5-3-13(4-6-14)10(15)9-8-18-7-2-12-9/h9,12H,2-8H2,1H3. The van der Waals surface area contributed by atoms with Crippen molar-refractivity contribution in [3.63, 3.8) is 0 Å². The van der Waals surface area contributed by atoms with Crippen LogP contribution in [0.25, 0.3) is 0 Å². The van der Waals surface area contributed by atoms with Gasteiger partial charge in [-0.1, -0.05) is 0 Å². The highest BCUT2D eigenvalue weighted by Crippen LogP contribution is 2.12. The highest BCUT2D eigenvalue weighted by atomic mass is 32.2. The second-order valence-corrected chi connectivity index (χ2v) is 5.51. The Bertz CT molecular complexity index is 313. The van der Waals surface area contributed by atoms with Crippen molar-refractivity contribution < 1.29 is 14.3 Å². The van der Waals surface area contributed by atoms with E-state index in [2.05, 4.69) is 10.1 Å². The van der Waals surface area contributed by atoms with Gasteiger partial charge in [-0.05, 0) is 0 Å². The molecule has 0 spiro atoms. The van der Waals surface area contributed by atoms with Gasteiger partial charge in [0.25, 0.3) is 0 Å². The van der Waals surface area contributed by atoms with Gasteiger partial charge in [-0.3, -0.25) is 4.79 Å². The fourth-order valence-corrected chi connectivity index (χ4v) is 3.11. The third kappa shape index (κ3) is 3.08. The molecule has 102 valence electrons.